The molecule has 2 bridgehead atoms. The van der Waals surface area contributed by atoms with Crippen LogP contribution in [0.4, 0.5) is 0 Å². The Labute approximate surface area is 85.9 Å². The highest BCUT2D eigenvalue weighted by Crippen LogP contribution is 2.51. The summed E-state index contributed by atoms with van der Waals surface area (Å²) in [5, 5.41) is 0. The van der Waals surface area contributed by atoms with Crippen LogP contribution in [-0.2, 0) is 9.78 Å². The van der Waals surface area contributed by atoms with E-state index in [1.165, 1.54) is 38.5 Å². The third-order valence-electron chi connectivity index (χ3n) is 4.03. The van der Waals surface area contributed by atoms with E-state index in [-0.39, 0.29) is 5.54 Å². The van der Waals surface area contributed by atoms with Gasteiger partial charge in [-0.05, 0) is 50.9 Å². The smallest absolute Gasteiger partial charge is 0.0878 e. The van der Waals surface area contributed by atoms with Gasteiger partial charge in [0.05, 0.1) is 13.2 Å². The van der Waals surface area contributed by atoms with Gasteiger partial charge in [-0.15, -0.1) is 0 Å². The maximum absolute atomic E-state index is 6.24. The lowest BCUT2D eigenvalue weighted by Gasteiger charge is -2.51. The van der Waals surface area contributed by atoms with Crippen LogP contribution in [0.15, 0.2) is 0 Å². The average Bonchev–Trinajstić information content (AvgIpc) is 2.21. The van der Waals surface area contributed by atoms with Crippen LogP contribution >= 0.6 is 0 Å². The Morgan fingerprint density at radius 3 is 2.07 bits per heavy atom. The van der Waals surface area contributed by atoms with E-state index in [0.29, 0.717) is 12.0 Å². The molecule has 2 N–H and O–H groups in total. The first-order valence-electron chi connectivity index (χ1n) is 5.71. The molecule has 3 nitrogen and oxygen atoms in total. The van der Waals surface area contributed by atoms with Gasteiger partial charge >= 0.3 is 0 Å². The minimum Gasteiger partial charge on any atom is -0.325 e. The summed E-state index contributed by atoms with van der Waals surface area (Å²) in [5.41, 5.74) is 6.78. The monoisotopic (exact) mass is 199 g/mol. The molecule has 0 aromatic rings. The Balaban J connectivity index is 1.85. The van der Waals surface area contributed by atoms with Gasteiger partial charge in [0.2, 0.25) is 0 Å². The standard InChI is InChI=1S/C11H21NO2/c1-2-13-14-9-10-3-6-11(12,7-4-10)8-5-10/h2-9,12H2,1H3. The van der Waals surface area contributed by atoms with E-state index < -0.39 is 0 Å². The van der Waals surface area contributed by atoms with Gasteiger partial charge in [0.15, 0.2) is 0 Å². The van der Waals surface area contributed by atoms with Crippen molar-refractivity contribution in [1.82, 2.24) is 0 Å². The molecule has 3 fully saturated rings. The van der Waals surface area contributed by atoms with Crippen LogP contribution in [0, 0.1) is 5.41 Å². The molecular weight excluding hydrogens is 178 g/mol. The summed E-state index contributed by atoms with van der Waals surface area (Å²) in [6.07, 6.45) is 7.16. The van der Waals surface area contributed by atoms with Crippen molar-refractivity contribution in [2.75, 3.05) is 13.2 Å². The Bertz CT molecular complexity index is 181. The second kappa shape index (κ2) is 3.80. The van der Waals surface area contributed by atoms with Crippen molar-refractivity contribution in [3.05, 3.63) is 0 Å². The lowest BCUT2D eigenvalue weighted by molar-refractivity contribution is -0.312. The average molecular weight is 199 g/mol. The predicted molar refractivity (Wildman–Crippen MR) is 54.6 cm³/mol. The Kier molecular flexibility index (Phi) is 2.82. The maximum Gasteiger partial charge on any atom is 0.0878 e. The van der Waals surface area contributed by atoms with E-state index >= 15 is 0 Å². The van der Waals surface area contributed by atoms with E-state index in [4.69, 9.17) is 15.5 Å². The zero-order valence-corrected chi connectivity index (χ0v) is 9.05. The molecule has 0 aromatic heterocycles. The van der Waals surface area contributed by atoms with Crippen molar-refractivity contribution in [1.29, 1.82) is 0 Å². The lowest BCUT2D eigenvalue weighted by Crippen LogP contribution is -2.53. The minimum atomic E-state index is 0.160. The van der Waals surface area contributed by atoms with Crippen molar-refractivity contribution in [2.24, 2.45) is 11.1 Å². The molecule has 0 atom stereocenters. The fourth-order valence-corrected chi connectivity index (χ4v) is 2.76. The van der Waals surface area contributed by atoms with E-state index in [1.807, 2.05) is 6.92 Å². The lowest BCUT2D eigenvalue weighted by atomic mass is 9.58. The van der Waals surface area contributed by atoms with Crippen molar-refractivity contribution in [2.45, 2.75) is 51.0 Å². The van der Waals surface area contributed by atoms with Crippen LogP contribution in [0.5, 0.6) is 0 Å². The molecule has 0 heterocycles. The maximum atomic E-state index is 6.24. The Hall–Kier alpha value is -0.120. The molecule has 3 rings (SSSR count). The molecule has 3 aliphatic carbocycles. The Morgan fingerprint density at radius 1 is 1.00 bits per heavy atom. The van der Waals surface area contributed by atoms with Crippen LogP contribution in [0.3, 0.4) is 0 Å². The largest absolute Gasteiger partial charge is 0.325 e. The SMILES string of the molecule is CCOOCC12CCC(N)(CC1)CC2. The molecule has 14 heavy (non-hydrogen) atoms. The molecule has 3 aliphatic rings. The van der Waals surface area contributed by atoms with E-state index in [1.54, 1.807) is 0 Å². The van der Waals surface area contributed by atoms with Gasteiger partial charge in [-0.2, -0.15) is 0 Å². The zero-order chi connectivity index (χ0) is 10.1. The summed E-state index contributed by atoms with van der Waals surface area (Å²) in [4.78, 5) is 10.2. The molecule has 0 spiro atoms. The van der Waals surface area contributed by atoms with Gasteiger partial charge < -0.3 is 5.73 Å². The van der Waals surface area contributed by atoms with E-state index in [0.717, 1.165) is 6.61 Å². The predicted octanol–water partition coefficient (Wildman–Crippen LogP) is 2.01. The molecule has 0 aliphatic heterocycles. The molecule has 0 radical (unpaired) electrons. The summed E-state index contributed by atoms with van der Waals surface area (Å²) in [7, 11) is 0. The molecule has 3 heteroatoms. The fourth-order valence-electron chi connectivity index (χ4n) is 2.76. The van der Waals surface area contributed by atoms with Crippen LogP contribution in [0.25, 0.3) is 0 Å². The third-order valence-corrected chi connectivity index (χ3v) is 4.03. The minimum absolute atomic E-state index is 0.160. The van der Waals surface area contributed by atoms with Crippen molar-refractivity contribution < 1.29 is 9.78 Å². The highest BCUT2D eigenvalue weighted by molar-refractivity contribution is 5.02. The third kappa shape index (κ3) is 1.95. The molecule has 82 valence electrons. The van der Waals surface area contributed by atoms with Crippen LogP contribution in [0.1, 0.15) is 45.4 Å². The van der Waals surface area contributed by atoms with Crippen molar-refractivity contribution in [3.8, 4) is 0 Å². The first-order valence-corrected chi connectivity index (χ1v) is 5.71. The van der Waals surface area contributed by atoms with Crippen LogP contribution < -0.4 is 5.73 Å². The fraction of sp³-hybridized carbons (Fsp3) is 1.00. The molecule has 0 saturated heterocycles. The van der Waals surface area contributed by atoms with Gasteiger partial charge in [0, 0.05) is 5.54 Å². The van der Waals surface area contributed by atoms with Crippen molar-refractivity contribution in [3.63, 3.8) is 0 Å². The first-order chi connectivity index (χ1) is 6.68. The van der Waals surface area contributed by atoms with E-state index in [2.05, 4.69) is 0 Å². The zero-order valence-electron chi connectivity index (χ0n) is 9.05. The molecule has 0 unspecified atom stereocenters. The normalized spacial score (nSPS) is 41.6. The Morgan fingerprint density at radius 2 is 1.57 bits per heavy atom. The van der Waals surface area contributed by atoms with Crippen LogP contribution in [-0.4, -0.2) is 18.8 Å². The topological polar surface area (TPSA) is 44.5 Å². The summed E-state index contributed by atoms with van der Waals surface area (Å²) < 4.78 is 0. The quantitative estimate of drug-likeness (QED) is 0.428. The summed E-state index contributed by atoms with van der Waals surface area (Å²) in [5.74, 6) is 0. The van der Waals surface area contributed by atoms with Gasteiger partial charge in [0.1, 0.15) is 0 Å². The number of fused-ring (bicyclic) bond motifs is 3. The molecular formula is C11H21NO2. The van der Waals surface area contributed by atoms with Gasteiger partial charge in [0.25, 0.3) is 0 Å². The molecule has 0 aromatic carbocycles. The summed E-state index contributed by atoms with van der Waals surface area (Å²) >= 11 is 0. The first kappa shape index (κ1) is 10.4. The second-order valence-electron chi connectivity index (χ2n) is 5.03. The van der Waals surface area contributed by atoms with Gasteiger partial charge in [-0.1, -0.05) is 0 Å². The van der Waals surface area contributed by atoms with Gasteiger partial charge in [-0.3, -0.25) is 0 Å². The molecule has 0 amide bonds. The molecule has 3 saturated carbocycles. The number of nitrogens with two attached hydrogens (primary N) is 1. The highest BCUT2D eigenvalue weighted by Gasteiger charge is 2.46. The van der Waals surface area contributed by atoms with Gasteiger partial charge in [-0.25, -0.2) is 9.78 Å². The van der Waals surface area contributed by atoms with E-state index in [9.17, 15) is 0 Å². The number of rotatable bonds is 4. The second-order valence-corrected chi connectivity index (χ2v) is 5.03. The summed E-state index contributed by atoms with van der Waals surface area (Å²) in [6.45, 7) is 3.35. The number of hydrogen-bond acceptors (Lipinski definition) is 3. The van der Waals surface area contributed by atoms with Crippen molar-refractivity contribution >= 4 is 0 Å². The summed E-state index contributed by atoms with van der Waals surface area (Å²) in [6, 6.07) is 0. The van der Waals surface area contributed by atoms with Crippen LogP contribution in [0.2, 0.25) is 0 Å². The highest BCUT2D eigenvalue weighted by atomic mass is 17.2. The number of hydrogen-bond donors (Lipinski definition) is 1.